The van der Waals surface area contributed by atoms with Crippen LogP contribution in [0.1, 0.15) is 5.56 Å². The van der Waals surface area contributed by atoms with Gasteiger partial charge in [-0.25, -0.2) is 9.97 Å². The number of nitrogens with one attached hydrogen (secondary N) is 3. The summed E-state index contributed by atoms with van der Waals surface area (Å²) in [5.41, 5.74) is 8.26. The summed E-state index contributed by atoms with van der Waals surface area (Å²) in [7, 11) is 2.16. The molecule has 1 aliphatic rings. The number of H-pyrrole nitrogens is 2. The normalized spacial score (nSPS) is 14.1. The van der Waals surface area contributed by atoms with Gasteiger partial charge in [0.1, 0.15) is 16.9 Å². The van der Waals surface area contributed by atoms with E-state index in [2.05, 4.69) is 59.4 Å². The number of likely N-dealkylation sites (N-methyl/N-ethyl adjacent to an activating group) is 1. The Bertz CT molecular complexity index is 1850. The van der Waals surface area contributed by atoms with Crippen molar-refractivity contribution in [2.24, 2.45) is 0 Å². The molecule has 7 rings (SSSR count). The molecular weight excluding hydrogens is 514 g/mol. The molecular formula is C31H29N9O. The molecule has 204 valence electrons. The van der Waals surface area contributed by atoms with Crippen molar-refractivity contribution in [2.45, 2.75) is 6.42 Å². The third-order valence-corrected chi connectivity index (χ3v) is 7.54. The number of amides is 1. The fourth-order valence-electron chi connectivity index (χ4n) is 5.35. The monoisotopic (exact) mass is 543 g/mol. The number of pyridine rings is 3. The van der Waals surface area contributed by atoms with E-state index in [1.165, 1.54) is 5.69 Å². The number of aromatic nitrogens is 6. The Kier molecular flexibility index (Phi) is 6.36. The number of hydrogen-bond acceptors (Lipinski definition) is 7. The second-order valence-electron chi connectivity index (χ2n) is 10.4. The average molecular weight is 544 g/mol. The van der Waals surface area contributed by atoms with E-state index < -0.39 is 0 Å². The molecule has 10 heteroatoms. The van der Waals surface area contributed by atoms with E-state index in [9.17, 15) is 4.79 Å². The number of piperazine rings is 1. The summed E-state index contributed by atoms with van der Waals surface area (Å²) >= 11 is 0. The van der Waals surface area contributed by atoms with E-state index in [1.54, 1.807) is 12.4 Å². The molecule has 1 saturated heterocycles. The van der Waals surface area contributed by atoms with Crippen LogP contribution in [0.4, 0.5) is 11.4 Å². The van der Waals surface area contributed by atoms with Crippen molar-refractivity contribution in [3.8, 4) is 22.6 Å². The van der Waals surface area contributed by atoms with Crippen LogP contribution in [0.2, 0.25) is 0 Å². The Morgan fingerprint density at radius 3 is 2.71 bits per heavy atom. The zero-order valence-electron chi connectivity index (χ0n) is 22.6. The van der Waals surface area contributed by atoms with Crippen LogP contribution in [0.15, 0.2) is 79.3 Å². The highest BCUT2D eigenvalue weighted by Crippen LogP contribution is 2.33. The molecule has 0 spiro atoms. The minimum atomic E-state index is -0.0981. The van der Waals surface area contributed by atoms with Crippen molar-refractivity contribution in [3.63, 3.8) is 0 Å². The first kappa shape index (κ1) is 24.9. The van der Waals surface area contributed by atoms with Gasteiger partial charge >= 0.3 is 0 Å². The summed E-state index contributed by atoms with van der Waals surface area (Å²) in [6.07, 6.45) is 5.54. The van der Waals surface area contributed by atoms with Gasteiger partial charge in [-0.05, 0) is 42.9 Å². The van der Waals surface area contributed by atoms with Crippen molar-refractivity contribution in [1.82, 2.24) is 35.0 Å². The average Bonchev–Trinajstić information content (AvgIpc) is 3.62. The van der Waals surface area contributed by atoms with Gasteiger partial charge in [0.25, 0.3) is 0 Å². The van der Waals surface area contributed by atoms with Gasteiger partial charge < -0.3 is 20.1 Å². The first-order valence-corrected chi connectivity index (χ1v) is 13.7. The van der Waals surface area contributed by atoms with Gasteiger partial charge in [-0.1, -0.05) is 30.3 Å². The van der Waals surface area contributed by atoms with E-state index in [4.69, 9.17) is 4.98 Å². The fraction of sp³-hybridized carbons (Fsp3) is 0.194. The Balaban J connectivity index is 1.18. The van der Waals surface area contributed by atoms with Gasteiger partial charge in [0, 0.05) is 55.2 Å². The second kappa shape index (κ2) is 10.5. The predicted octanol–water partition coefficient (Wildman–Crippen LogP) is 4.50. The van der Waals surface area contributed by atoms with Crippen LogP contribution in [0.5, 0.6) is 0 Å². The zero-order valence-corrected chi connectivity index (χ0v) is 22.6. The summed E-state index contributed by atoms with van der Waals surface area (Å²) in [4.78, 5) is 34.7. The molecule has 0 atom stereocenters. The van der Waals surface area contributed by atoms with Crippen molar-refractivity contribution in [2.75, 3.05) is 43.4 Å². The molecule has 6 aromatic rings. The van der Waals surface area contributed by atoms with Crippen molar-refractivity contribution in [3.05, 3.63) is 84.8 Å². The first-order chi connectivity index (χ1) is 20.1. The predicted molar refractivity (Wildman–Crippen MR) is 161 cm³/mol. The van der Waals surface area contributed by atoms with Crippen molar-refractivity contribution >= 4 is 39.3 Å². The van der Waals surface area contributed by atoms with E-state index >= 15 is 0 Å². The molecule has 0 bridgehead atoms. The summed E-state index contributed by atoms with van der Waals surface area (Å²) in [6, 6.07) is 19.6. The number of benzene rings is 1. The Morgan fingerprint density at radius 2 is 1.85 bits per heavy atom. The van der Waals surface area contributed by atoms with Gasteiger partial charge in [0.2, 0.25) is 5.91 Å². The highest BCUT2D eigenvalue weighted by Gasteiger charge is 2.20. The van der Waals surface area contributed by atoms with Gasteiger partial charge in [0.15, 0.2) is 0 Å². The number of rotatable bonds is 6. The highest BCUT2D eigenvalue weighted by atomic mass is 16.1. The molecule has 0 saturated carbocycles. The van der Waals surface area contributed by atoms with Gasteiger partial charge in [-0.2, -0.15) is 5.10 Å². The van der Waals surface area contributed by atoms with Crippen LogP contribution < -0.4 is 10.2 Å². The van der Waals surface area contributed by atoms with Crippen LogP contribution in [0.3, 0.4) is 0 Å². The zero-order chi connectivity index (χ0) is 27.8. The lowest BCUT2D eigenvalue weighted by Gasteiger charge is -2.34. The van der Waals surface area contributed by atoms with Crippen LogP contribution in [0, 0.1) is 0 Å². The minimum Gasteiger partial charge on any atom is -0.368 e. The number of hydrogen-bond donors (Lipinski definition) is 3. The summed E-state index contributed by atoms with van der Waals surface area (Å²) in [5.74, 6) is -0.0981. The van der Waals surface area contributed by atoms with Crippen LogP contribution in [-0.2, 0) is 11.2 Å². The molecule has 3 N–H and O–H groups in total. The maximum Gasteiger partial charge on any atom is 0.228 e. The fourth-order valence-corrected chi connectivity index (χ4v) is 5.35. The molecule has 5 aromatic heterocycles. The standard InChI is InChI=1S/C31H29N9O/c1-39-11-13-40(14-12-39)27-9-10-33-31-23(27)17-26(36-31)30-29-25(37-38-30)8-7-24(35-29)21-16-22(19-32-18-21)34-28(41)15-20-5-3-2-4-6-20/h2-10,16-19H,11-15H2,1H3,(H,33,36)(H,34,41)(H,37,38). The summed E-state index contributed by atoms with van der Waals surface area (Å²) in [5, 5.41) is 11.7. The third-order valence-electron chi connectivity index (χ3n) is 7.54. The molecule has 1 aromatic carbocycles. The highest BCUT2D eigenvalue weighted by molar-refractivity contribution is 5.98. The number of carbonyl (C=O) groups is 1. The molecule has 0 aliphatic carbocycles. The quantitative estimate of drug-likeness (QED) is 0.283. The Hall–Kier alpha value is -5.09. The molecule has 6 heterocycles. The largest absolute Gasteiger partial charge is 0.368 e. The van der Waals surface area contributed by atoms with Gasteiger partial charge in [-0.3, -0.25) is 14.9 Å². The maximum atomic E-state index is 12.6. The van der Waals surface area contributed by atoms with E-state index in [1.807, 2.05) is 54.7 Å². The Labute approximate surface area is 236 Å². The first-order valence-electron chi connectivity index (χ1n) is 13.7. The number of anilines is 2. The topological polar surface area (TPSA) is 119 Å². The Morgan fingerprint density at radius 1 is 1.00 bits per heavy atom. The molecule has 41 heavy (non-hydrogen) atoms. The van der Waals surface area contributed by atoms with Crippen LogP contribution in [0.25, 0.3) is 44.7 Å². The number of carbonyl (C=O) groups excluding carboxylic acids is 1. The van der Waals surface area contributed by atoms with Crippen LogP contribution >= 0.6 is 0 Å². The molecule has 0 radical (unpaired) electrons. The lowest BCUT2D eigenvalue weighted by molar-refractivity contribution is -0.115. The third kappa shape index (κ3) is 5.01. The summed E-state index contributed by atoms with van der Waals surface area (Å²) in [6.45, 7) is 4.02. The lowest BCUT2D eigenvalue weighted by Crippen LogP contribution is -2.44. The molecule has 0 unspecified atom stereocenters. The number of aromatic amines is 2. The molecule has 10 nitrogen and oxygen atoms in total. The van der Waals surface area contributed by atoms with E-state index in [0.717, 1.165) is 76.5 Å². The van der Waals surface area contributed by atoms with Gasteiger partial charge in [0.05, 0.1) is 35.2 Å². The molecule has 1 amide bonds. The van der Waals surface area contributed by atoms with E-state index in [-0.39, 0.29) is 5.91 Å². The van der Waals surface area contributed by atoms with E-state index in [0.29, 0.717) is 12.1 Å². The SMILES string of the molecule is CN1CCN(c2ccnc3[nH]c(-c4n[nH]c5ccc(-c6cncc(NC(=O)Cc7ccccc7)c6)nc45)cc23)CC1. The number of nitrogens with zero attached hydrogens (tertiary/aromatic N) is 6. The smallest absolute Gasteiger partial charge is 0.228 e. The number of fused-ring (bicyclic) bond motifs is 2. The van der Waals surface area contributed by atoms with Gasteiger partial charge in [-0.15, -0.1) is 0 Å². The van der Waals surface area contributed by atoms with Crippen LogP contribution in [-0.4, -0.2) is 74.2 Å². The molecule has 1 fully saturated rings. The maximum absolute atomic E-state index is 12.6. The molecule has 1 aliphatic heterocycles. The lowest BCUT2D eigenvalue weighted by atomic mass is 10.1. The van der Waals surface area contributed by atoms with Crippen molar-refractivity contribution in [1.29, 1.82) is 0 Å². The summed E-state index contributed by atoms with van der Waals surface area (Å²) < 4.78 is 0. The second-order valence-corrected chi connectivity index (χ2v) is 10.4. The minimum absolute atomic E-state index is 0.0981. The van der Waals surface area contributed by atoms with Crippen molar-refractivity contribution < 1.29 is 4.79 Å².